The van der Waals surface area contributed by atoms with Gasteiger partial charge in [0, 0.05) is 6.92 Å². The van der Waals surface area contributed by atoms with Crippen molar-refractivity contribution in [2.45, 2.75) is 84.0 Å². The average Bonchev–Trinajstić information content (AvgIpc) is 2.79. The molecule has 3 saturated carbocycles. The number of hydrogen-bond acceptors (Lipinski definition) is 3. The molecule has 4 aliphatic carbocycles. The Morgan fingerprint density at radius 3 is 2.68 bits per heavy atom. The first-order valence-electron chi connectivity index (χ1n) is 10.1. The summed E-state index contributed by atoms with van der Waals surface area (Å²) in [6, 6.07) is -0.109. The third-order valence-corrected chi connectivity index (χ3v) is 8.46. The molecule has 0 aromatic heterocycles. The van der Waals surface area contributed by atoms with Crippen LogP contribution in [0.1, 0.15) is 65.7 Å². The summed E-state index contributed by atoms with van der Waals surface area (Å²) in [5, 5.41) is 23.8. The lowest BCUT2D eigenvalue weighted by molar-refractivity contribution is -0.122. The predicted octanol–water partition coefficient (Wildman–Crippen LogP) is 2.79. The highest BCUT2D eigenvalue weighted by Gasteiger charge is 2.61. The van der Waals surface area contributed by atoms with Crippen molar-refractivity contribution in [3.05, 3.63) is 11.6 Å². The lowest BCUT2D eigenvalue weighted by Crippen LogP contribution is -2.55. The van der Waals surface area contributed by atoms with E-state index < -0.39 is 6.10 Å². The van der Waals surface area contributed by atoms with Crippen molar-refractivity contribution in [1.82, 2.24) is 5.32 Å². The molecule has 25 heavy (non-hydrogen) atoms. The van der Waals surface area contributed by atoms with Crippen LogP contribution in [-0.2, 0) is 4.79 Å². The second-order valence-corrected chi connectivity index (χ2v) is 9.68. The fourth-order valence-corrected chi connectivity index (χ4v) is 7.14. The van der Waals surface area contributed by atoms with Gasteiger partial charge in [-0.05, 0) is 73.5 Å². The van der Waals surface area contributed by atoms with Crippen LogP contribution in [0, 0.1) is 28.6 Å². The quantitative estimate of drug-likeness (QED) is 0.639. The van der Waals surface area contributed by atoms with Gasteiger partial charge in [0.25, 0.3) is 0 Å². The zero-order valence-electron chi connectivity index (χ0n) is 15.8. The summed E-state index contributed by atoms with van der Waals surface area (Å²) in [7, 11) is 0. The van der Waals surface area contributed by atoms with E-state index in [1.54, 1.807) is 6.92 Å². The highest BCUT2D eigenvalue weighted by atomic mass is 16.3. The molecule has 0 bridgehead atoms. The molecule has 0 unspecified atom stereocenters. The highest BCUT2D eigenvalue weighted by molar-refractivity contribution is 5.73. The fourth-order valence-electron chi connectivity index (χ4n) is 7.14. The minimum absolute atomic E-state index is 0.00212. The van der Waals surface area contributed by atoms with Crippen LogP contribution < -0.4 is 5.32 Å². The van der Waals surface area contributed by atoms with Crippen LogP contribution in [0.25, 0.3) is 0 Å². The maximum atomic E-state index is 11.7. The summed E-state index contributed by atoms with van der Waals surface area (Å²) in [6.45, 7) is 6.26. The monoisotopic (exact) mass is 347 g/mol. The van der Waals surface area contributed by atoms with Crippen molar-refractivity contribution < 1.29 is 15.0 Å². The predicted molar refractivity (Wildman–Crippen MR) is 96.7 cm³/mol. The van der Waals surface area contributed by atoms with E-state index in [0.29, 0.717) is 17.8 Å². The molecule has 3 fully saturated rings. The first-order chi connectivity index (χ1) is 11.8. The molecule has 1 amide bonds. The van der Waals surface area contributed by atoms with Gasteiger partial charge in [-0.25, -0.2) is 0 Å². The molecular weight excluding hydrogens is 314 g/mol. The maximum absolute atomic E-state index is 11.7. The Kier molecular flexibility index (Phi) is 4.08. The van der Waals surface area contributed by atoms with Crippen molar-refractivity contribution >= 4 is 5.91 Å². The van der Waals surface area contributed by atoms with Gasteiger partial charge < -0.3 is 15.5 Å². The van der Waals surface area contributed by atoms with Crippen LogP contribution in [0.3, 0.4) is 0 Å². The van der Waals surface area contributed by atoms with E-state index in [0.717, 1.165) is 38.5 Å². The first kappa shape index (κ1) is 17.5. The molecule has 0 saturated heterocycles. The summed E-state index contributed by atoms with van der Waals surface area (Å²) in [6.07, 6.45) is 8.79. The number of rotatable bonds is 1. The molecule has 140 valence electrons. The van der Waals surface area contributed by atoms with Gasteiger partial charge in [0.1, 0.15) is 0 Å². The zero-order chi connectivity index (χ0) is 18.0. The van der Waals surface area contributed by atoms with Gasteiger partial charge in [0.05, 0.1) is 18.2 Å². The molecule has 0 heterocycles. The number of aliphatic hydroxyl groups excluding tert-OH is 2. The van der Waals surface area contributed by atoms with Crippen molar-refractivity contribution in [2.75, 3.05) is 0 Å². The molecule has 0 radical (unpaired) electrons. The van der Waals surface area contributed by atoms with Gasteiger partial charge >= 0.3 is 0 Å². The SMILES string of the molecule is CC(=O)N[C@H]1[C@H](O)C[C@H]2[C@@H]3CC=C4C[C@@H](O)CC[C@]4(C)[C@H]3CC[C@@]21C. The molecule has 0 aromatic rings. The molecular formula is C21H33NO3. The number of allylic oxidation sites excluding steroid dienone is 1. The minimum Gasteiger partial charge on any atom is -0.393 e. The third kappa shape index (κ3) is 2.51. The van der Waals surface area contributed by atoms with Crippen LogP contribution in [0.15, 0.2) is 11.6 Å². The van der Waals surface area contributed by atoms with Crippen molar-refractivity contribution in [1.29, 1.82) is 0 Å². The van der Waals surface area contributed by atoms with Gasteiger partial charge in [-0.15, -0.1) is 0 Å². The lowest BCUT2D eigenvalue weighted by atomic mass is 9.48. The topological polar surface area (TPSA) is 69.6 Å². The summed E-state index contributed by atoms with van der Waals surface area (Å²) in [5.41, 5.74) is 1.70. The van der Waals surface area contributed by atoms with Gasteiger partial charge in [-0.1, -0.05) is 25.5 Å². The highest BCUT2D eigenvalue weighted by Crippen LogP contribution is 2.64. The van der Waals surface area contributed by atoms with Crippen molar-refractivity contribution in [3.8, 4) is 0 Å². The van der Waals surface area contributed by atoms with Crippen molar-refractivity contribution in [2.24, 2.45) is 28.6 Å². The zero-order valence-corrected chi connectivity index (χ0v) is 15.8. The average molecular weight is 347 g/mol. The summed E-state index contributed by atoms with van der Waals surface area (Å²) in [4.78, 5) is 11.7. The molecule has 4 nitrogen and oxygen atoms in total. The second kappa shape index (κ2) is 5.82. The Labute approximate surface area is 151 Å². The Morgan fingerprint density at radius 1 is 1.20 bits per heavy atom. The largest absolute Gasteiger partial charge is 0.393 e. The Hall–Kier alpha value is -0.870. The first-order valence-corrected chi connectivity index (χ1v) is 10.1. The van der Waals surface area contributed by atoms with Crippen LogP contribution in [0.5, 0.6) is 0 Å². The fraction of sp³-hybridized carbons (Fsp3) is 0.857. The molecule has 3 N–H and O–H groups in total. The van der Waals surface area contributed by atoms with Crippen LogP contribution in [0.2, 0.25) is 0 Å². The number of carbonyl (C=O) groups excluding carboxylic acids is 1. The van der Waals surface area contributed by atoms with E-state index in [2.05, 4.69) is 25.2 Å². The normalized spacial score (nSPS) is 51.8. The lowest BCUT2D eigenvalue weighted by Gasteiger charge is -2.57. The minimum atomic E-state index is -0.427. The molecule has 0 aromatic carbocycles. The summed E-state index contributed by atoms with van der Waals surface area (Å²) in [5.74, 6) is 1.68. The molecule has 0 spiro atoms. The van der Waals surface area contributed by atoms with Gasteiger partial charge in [-0.2, -0.15) is 0 Å². The van der Waals surface area contributed by atoms with Gasteiger partial charge in [0.2, 0.25) is 5.91 Å². The van der Waals surface area contributed by atoms with Crippen LogP contribution in [-0.4, -0.2) is 34.4 Å². The van der Waals surface area contributed by atoms with Crippen molar-refractivity contribution in [3.63, 3.8) is 0 Å². The standard InChI is InChI=1S/C21H33NO3/c1-12(23)22-19-18(25)11-17-15-5-4-13-10-14(24)6-8-20(13,2)16(15)7-9-21(17,19)3/h4,14-19,24-25H,5-11H2,1-3H3,(H,22,23)/t14-,15+,16-,17-,18+,19-,20-,21-/m0/s1. The second-order valence-electron chi connectivity index (χ2n) is 9.68. The maximum Gasteiger partial charge on any atom is 0.217 e. The van der Waals surface area contributed by atoms with Gasteiger partial charge in [0.15, 0.2) is 0 Å². The number of amides is 1. The number of carbonyl (C=O) groups is 1. The third-order valence-electron chi connectivity index (χ3n) is 8.46. The molecule has 4 aliphatic rings. The number of aliphatic hydroxyl groups is 2. The number of fused-ring (bicyclic) bond motifs is 5. The van der Waals surface area contributed by atoms with E-state index in [1.165, 1.54) is 12.0 Å². The van der Waals surface area contributed by atoms with E-state index in [4.69, 9.17) is 0 Å². The Morgan fingerprint density at radius 2 is 1.96 bits per heavy atom. The van der Waals surface area contributed by atoms with E-state index >= 15 is 0 Å². The molecule has 4 heteroatoms. The number of hydrogen-bond donors (Lipinski definition) is 3. The van der Waals surface area contributed by atoms with Crippen LogP contribution in [0.4, 0.5) is 0 Å². The smallest absolute Gasteiger partial charge is 0.217 e. The summed E-state index contributed by atoms with van der Waals surface area (Å²) < 4.78 is 0. The number of nitrogens with one attached hydrogen (secondary N) is 1. The Balaban J connectivity index is 1.64. The molecule has 0 aliphatic heterocycles. The Bertz CT molecular complexity index is 602. The van der Waals surface area contributed by atoms with Gasteiger partial charge in [-0.3, -0.25) is 4.79 Å². The van der Waals surface area contributed by atoms with E-state index in [1.807, 2.05) is 0 Å². The van der Waals surface area contributed by atoms with E-state index in [9.17, 15) is 15.0 Å². The molecule has 4 rings (SSSR count). The van der Waals surface area contributed by atoms with Crippen LogP contribution >= 0.6 is 0 Å². The molecule has 8 atom stereocenters. The summed E-state index contributed by atoms with van der Waals surface area (Å²) >= 11 is 0. The van der Waals surface area contributed by atoms with E-state index in [-0.39, 0.29) is 28.9 Å².